The van der Waals surface area contributed by atoms with Gasteiger partial charge in [0.05, 0.1) is 12.4 Å². The minimum atomic E-state index is 0.465. The van der Waals surface area contributed by atoms with Crippen molar-refractivity contribution in [3.05, 3.63) is 17.5 Å². The molecule has 20 heavy (non-hydrogen) atoms. The molecular formula is C14H21ClN4O. The lowest BCUT2D eigenvalue weighted by atomic mass is 9.99. The fourth-order valence-corrected chi connectivity index (χ4v) is 3.08. The Hall–Kier alpha value is -0.910. The Balaban J connectivity index is 1.49. The van der Waals surface area contributed by atoms with Crippen molar-refractivity contribution in [2.24, 2.45) is 5.92 Å². The van der Waals surface area contributed by atoms with Crippen LogP contribution in [0.15, 0.2) is 12.4 Å². The highest BCUT2D eigenvalue weighted by Gasteiger charge is 2.22. The summed E-state index contributed by atoms with van der Waals surface area (Å²) < 4.78 is 5.42. The molecule has 3 heterocycles. The molecule has 0 unspecified atom stereocenters. The molecule has 110 valence electrons. The molecular weight excluding hydrogens is 276 g/mol. The Labute approximate surface area is 124 Å². The van der Waals surface area contributed by atoms with Crippen LogP contribution in [0.5, 0.6) is 0 Å². The summed E-state index contributed by atoms with van der Waals surface area (Å²) in [6.45, 7) is 7.25. The van der Waals surface area contributed by atoms with Crippen molar-refractivity contribution < 1.29 is 4.74 Å². The van der Waals surface area contributed by atoms with Gasteiger partial charge in [0.1, 0.15) is 11.0 Å². The van der Waals surface area contributed by atoms with Gasteiger partial charge in [-0.2, -0.15) is 0 Å². The first-order valence-corrected chi connectivity index (χ1v) is 7.71. The van der Waals surface area contributed by atoms with Crippen LogP contribution in [0, 0.1) is 5.92 Å². The number of hydrogen-bond acceptors (Lipinski definition) is 5. The number of rotatable bonds is 3. The molecule has 0 radical (unpaired) electrons. The summed E-state index contributed by atoms with van der Waals surface area (Å²) in [5, 5.41) is 0.465. The molecule has 2 aliphatic heterocycles. The van der Waals surface area contributed by atoms with Crippen molar-refractivity contribution in [3.63, 3.8) is 0 Å². The number of nitrogens with zero attached hydrogens (tertiary/aromatic N) is 4. The van der Waals surface area contributed by atoms with Crippen LogP contribution in [0.2, 0.25) is 5.15 Å². The van der Waals surface area contributed by atoms with E-state index in [9.17, 15) is 0 Å². The molecule has 2 fully saturated rings. The molecule has 6 heteroatoms. The van der Waals surface area contributed by atoms with Gasteiger partial charge in [0.2, 0.25) is 0 Å². The van der Waals surface area contributed by atoms with Crippen LogP contribution in [0.3, 0.4) is 0 Å². The topological polar surface area (TPSA) is 41.5 Å². The molecule has 2 saturated heterocycles. The van der Waals surface area contributed by atoms with E-state index in [-0.39, 0.29) is 0 Å². The molecule has 3 rings (SSSR count). The maximum Gasteiger partial charge on any atom is 0.149 e. The van der Waals surface area contributed by atoms with Crippen LogP contribution in [0.1, 0.15) is 12.8 Å². The lowest BCUT2D eigenvalue weighted by molar-refractivity contribution is 0.0517. The SMILES string of the molecule is Clc1cncc(N2CCN(CC3CCOCC3)CC2)n1. The van der Waals surface area contributed by atoms with Gasteiger partial charge in [-0.15, -0.1) is 0 Å². The molecule has 1 aromatic rings. The highest BCUT2D eigenvalue weighted by molar-refractivity contribution is 6.29. The second-order valence-corrected chi connectivity index (χ2v) is 5.93. The summed E-state index contributed by atoms with van der Waals surface area (Å²) in [5.41, 5.74) is 0. The van der Waals surface area contributed by atoms with Crippen LogP contribution < -0.4 is 4.90 Å². The third-order valence-corrected chi connectivity index (χ3v) is 4.33. The van der Waals surface area contributed by atoms with E-state index in [4.69, 9.17) is 16.3 Å². The van der Waals surface area contributed by atoms with Gasteiger partial charge in [-0.3, -0.25) is 9.88 Å². The third kappa shape index (κ3) is 3.59. The van der Waals surface area contributed by atoms with Crippen molar-refractivity contribution >= 4 is 17.4 Å². The molecule has 0 aromatic carbocycles. The van der Waals surface area contributed by atoms with E-state index in [0.717, 1.165) is 51.1 Å². The number of piperazine rings is 1. The number of anilines is 1. The van der Waals surface area contributed by atoms with Crippen LogP contribution in [-0.2, 0) is 4.74 Å². The summed E-state index contributed by atoms with van der Waals surface area (Å²) >= 11 is 5.90. The predicted octanol–water partition coefficient (Wildman–Crippen LogP) is 1.68. The van der Waals surface area contributed by atoms with Crippen LogP contribution in [0.25, 0.3) is 0 Å². The van der Waals surface area contributed by atoms with Crippen LogP contribution in [-0.4, -0.2) is 60.8 Å². The number of aromatic nitrogens is 2. The molecule has 1 aromatic heterocycles. The number of ether oxygens (including phenoxy) is 1. The van der Waals surface area contributed by atoms with E-state index >= 15 is 0 Å². The Morgan fingerprint density at radius 1 is 1.15 bits per heavy atom. The van der Waals surface area contributed by atoms with E-state index in [0.29, 0.717) is 5.15 Å². The molecule has 0 amide bonds. The minimum absolute atomic E-state index is 0.465. The first-order valence-electron chi connectivity index (χ1n) is 7.34. The van der Waals surface area contributed by atoms with Gasteiger partial charge in [0.15, 0.2) is 0 Å². The highest BCUT2D eigenvalue weighted by Crippen LogP contribution is 2.19. The minimum Gasteiger partial charge on any atom is -0.381 e. The molecule has 0 N–H and O–H groups in total. The van der Waals surface area contributed by atoms with Crippen molar-refractivity contribution in [2.75, 3.05) is 50.8 Å². The molecule has 2 aliphatic rings. The number of hydrogen-bond donors (Lipinski definition) is 0. The zero-order valence-electron chi connectivity index (χ0n) is 11.7. The third-order valence-electron chi connectivity index (χ3n) is 4.15. The summed E-state index contributed by atoms with van der Waals surface area (Å²) in [6, 6.07) is 0. The van der Waals surface area contributed by atoms with Crippen LogP contribution in [0.4, 0.5) is 5.82 Å². The van der Waals surface area contributed by atoms with Crippen molar-refractivity contribution in [1.82, 2.24) is 14.9 Å². The smallest absolute Gasteiger partial charge is 0.149 e. The van der Waals surface area contributed by atoms with Crippen molar-refractivity contribution in [1.29, 1.82) is 0 Å². The van der Waals surface area contributed by atoms with E-state index < -0.39 is 0 Å². The van der Waals surface area contributed by atoms with E-state index in [1.165, 1.54) is 19.4 Å². The Kier molecular flexibility index (Phi) is 4.70. The van der Waals surface area contributed by atoms with Gasteiger partial charge in [0, 0.05) is 45.9 Å². The monoisotopic (exact) mass is 296 g/mol. The quantitative estimate of drug-likeness (QED) is 0.849. The van der Waals surface area contributed by atoms with E-state index in [1.807, 2.05) is 0 Å². The number of halogens is 1. The van der Waals surface area contributed by atoms with Crippen LogP contribution >= 0.6 is 11.6 Å². The average Bonchev–Trinajstić information content (AvgIpc) is 2.49. The summed E-state index contributed by atoms with van der Waals surface area (Å²) in [4.78, 5) is 13.3. The fraction of sp³-hybridized carbons (Fsp3) is 0.714. The maximum absolute atomic E-state index is 5.90. The van der Waals surface area contributed by atoms with Gasteiger partial charge in [-0.1, -0.05) is 11.6 Å². The average molecular weight is 297 g/mol. The molecule has 0 spiro atoms. The Morgan fingerprint density at radius 2 is 1.90 bits per heavy atom. The summed E-state index contributed by atoms with van der Waals surface area (Å²) in [5.74, 6) is 1.70. The predicted molar refractivity (Wildman–Crippen MR) is 79.2 cm³/mol. The fourth-order valence-electron chi connectivity index (χ4n) is 2.94. The maximum atomic E-state index is 5.90. The normalized spacial score (nSPS) is 22.1. The highest BCUT2D eigenvalue weighted by atomic mass is 35.5. The van der Waals surface area contributed by atoms with Gasteiger partial charge in [-0.25, -0.2) is 4.98 Å². The summed E-state index contributed by atoms with van der Waals surface area (Å²) in [6.07, 6.45) is 5.78. The lowest BCUT2D eigenvalue weighted by Gasteiger charge is -2.37. The largest absolute Gasteiger partial charge is 0.381 e. The molecule has 0 aliphatic carbocycles. The first-order chi connectivity index (χ1) is 9.81. The molecule has 0 saturated carbocycles. The second-order valence-electron chi connectivity index (χ2n) is 5.54. The van der Waals surface area contributed by atoms with E-state index in [2.05, 4.69) is 19.8 Å². The zero-order valence-corrected chi connectivity index (χ0v) is 12.4. The molecule has 5 nitrogen and oxygen atoms in total. The Bertz CT molecular complexity index is 431. The molecule has 0 atom stereocenters. The van der Waals surface area contributed by atoms with Crippen molar-refractivity contribution in [2.45, 2.75) is 12.8 Å². The van der Waals surface area contributed by atoms with Crippen molar-refractivity contribution in [3.8, 4) is 0 Å². The first kappa shape index (κ1) is 14.0. The Morgan fingerprint density at radius 3 is 2.60 bits per heavy atom. The van der Waals surface area contributed by atoms with E-state index in [1.54, 1.807) is 12.4 Å². The van der Waals surface area contributed by atoms with Gasteiger partial charge in [0.25, 0.3) is 0 Å². The lowest BCUT2D eigenvalue weighted by Crippen LogP contribution is -2.48. The second kappa shape index (κ2) is 6.70. The summed E-state index contributed by atoms with van der Waals surface area (Å²) in [7, 11) is 0. The van der Waals surface area contributed by atoms with Gasteiger partial charge < -0.3 is 9.64 Å². The van der Waals surface area contributed by atoms with Gasteiger partial charge >= 0.3 is 0 Å². The van der Waals surface area contributed by atoms with Gasteiger partial charge in [-0.05, 0) is 18.8 Å². The molecule has 0 bridgehead atoms. The standard InChI is InChI=1S/C14H21ClN4O/c15-13-9-16-10-14(17-13)19-5-3-18(4-6-19)11-12-1-7-20-8-2-12/h9-10,12H,1-8,11H2. The zero-order chi connectivity index (χ0) is 13.8.